The van der Waals surface area contributed by atoms with Crippen LogP contribution in [0.1, 0.15) is 12.5 Å². The second-order valence-corrected chi connectivity index (χ2v) is 8.51. The summed E-state index contributed by atoms with van der Waals surface area (Å²) < 4.78 is 0. The van der Waals surface area contributed by atoms with Crippen molar-refractivity contribution in [3.8, 4) is 0 Å². The number of carbonyl (C=O) groups excluding carboxylic acids is 1. The zero-order chi connectivity index (χ0) is 21.3. The van der Waals surface area contributed by atoms with Crippen LogP contribution < -0.4 is 15.5 Å². The van der Waals surface area contributed by atoms with Crippen LogP contribution in [0.15, 0.2) is 46.8 Å². The lowest BCUT2D eigenvalue weighted by molar-refractivity contribution is -0.116. The summed E-state index contributed by atoms with van der Waals surface area (Å²) in [7, 11) is 3.76. The van der Waals surface area contributed by atoms with Crippen LogP contribution in [0.2, 0.25) is 0 Å². The van der Waals surface area contributed by atoms with E-state index in [0.717, 1.165) is 49.9 Å². The molecule has 2 aromatic rings. The fourth-order valence-corrected chi connectivity index (χ4v) is 4.20. The van der Waals surface area contributed by atoms with E-state index in [1.165, 1.54) is 5.00 Å². The number of guanidine groups is 1. The fraction of sp³-hybridized carbons (Fsp3) is 0.455. The number of amides is 1. The molecule has 170 valence electrons. The third-order valence-electron chi connectivity index (χ3n) is 4.81. The van der Waals surface area contributed by atoms with Crippen LogP contribution in [0, 0.1) is 0 Å². The molecular weight excluding hydrogens is 523 g/mol. The summed E-state index contributed by atoms with van der Waals surface area (Å²) in [6.45, 7) is 7.77. The number of hydrogen-bond acceptors (Lipinski definition) is 5. The van der Waals surface area contributed by atoms with E-state index in [1.807, 2.05) is 43.3 Å². The summed E-state index contributed by atoms with van der Waals surface area (Å²) in [5, 5.41) is 9.84. The molecule has 9 heteroatoms. The van der Waals surface area contributed by atoms with Gasteiger partial charge in [0.1, 0.15) is 0 Å². The molecular formula is C22H33IN6OS. The van der Waals surface area contributed by atoms with Crippen LogP contribution in [0.4, 0.5) is 10.7 Å². The molecule has 1 aromatic heterocycles. The Bertz CT molecular complexity index is 834. The highest BCUT2D eigenvalue weighted by Crippen LogP contribution is 2.22. The Morgan fingerprint density at radius 1 is 1.16 bits per heavy atom. The Morgan fingerprint density at radius 2 is 1.94 bits per heavy atom. The van der Waals surface area contributed by atoms with Crippen molar-refractivity contribution in [1.29, 1.82) is 0 Å². The second-order valence-electron chi connectivity index (χ2n) is 7.58. The van der Waals surface area contributed by atoms with Gasteiger partial charge in [-0.25, -0.2) is 4.99 Å². The van der Waals surface area contributed by atoms with Crippen LogP contribution in [0.25, 0.3) is 0 Å². The Morgan fingerprint density at radius 3 is 2.58 bits per heavy atom. The first kappa shape index (κ1) is 25.4. The first-order valence-electron chi connectivity index (χ1n) is 10.4. The smallest absolute Gasteiger partial charge is 0.238 e. The van der Waals surface area contributed by atoms with Gasteiger partial charge in [0.2, 0.25) is 5.91 Å². The lowest BCUT2D eigenvalue weighted by Crippen LogP contribution is -2.52. The van der Waals surface area contributed by atoms with Gasteiger partial charge in [0, 0.05) is 38.4 Å². The Hall–Kier alpha value is -1.85. The number of nitrogens with one attached hydrogen (secondary N) is 2. The van der Waals surface area contributed by atoms with Gasteiger partial charge in [0.05, 0.1) is 18.1 Å². The topological polar surface area (TPSA) is 63.2 Å². The monoisotopic (exact) mass is 556 g/mol. The average molecular weight is 557 g/mol. The Labute approximate surface area is 206 Å². The molecule has 0 radical (unpaired) electrons. The number of halogens is 1. The molecule has 1 aliphatic rings. The summed E-state index contributed by atoms with van der Waals surface area (Å²) in [6, 6.07) is 12.2. The lowest BCUT2D eigenvalue weighted by atomic mass is 10.2. The molecule has 0 atom stereocenters. The standard InChI is InChI=1S/C22H32N6OS.HI/c1-4-23-22(28-12-10-27(11-13-28)21-9-6-14-30-21)24-16-18-7-5-8-19(15-18)25-20(29)17-26(2)3;/h5-9,14-15H,4,10-13,16-17H2,1-3H3,(H,23,24)(H,25,29);1H. The minimum Gasteiger partial charge on any atom is -0.360 e. The molecule has 1 aromatic carbocycles. The van der Waals surface area contributed by atoms with Crippen molar-refractivity contribution in [2.24, 2.45) is 4.99 Å². The van der Waals surface area contributed by atoms with Gasteiger partial charge in [-0.1, -0.05) is 12.1 Å². The molecule has 2 heterocycles. The summed E-state index contributed by atoms with van der Waals surface area (Å²) in [5.74, 6) is 0.933. The molecule has 0 bridgehead atoms. The summed E-state index contributed by atoms with van der Waals surface area (Å²) in [5.41, 5.74) is 1.88. The van der Waals surface area contributed by atoms with Gasteiger partial charge in [-0.3, -0.25) is 4.79 Å². The highest BCUT2D eigenvalue weighted by atomic mass is 127. The number of likely N-dealkylation sites (N-methyl/N-ethyl adjacent to an activating group) is 1. The van der Waals surface area contributed by atoms with E-state index in [4.69, 9.17) is 4.99 Å². The number of aliphatic imine (C=N–C) groups is 1. The highest BCUT2D eigenvalue weighted by molar-refractivity contribution is 14.0. The van der Waals surface area contributed by atoms with E-state index >= 15 is 0 Å². The van der Waals surface area contributed by atoms with Crippen LogP contribution in [-0.4, -0.2) is 75.0 Å². The van der Waals surface area contributed by atoms with Gasteiger partial charge in [-0.15, -0.1) is 35.3 Å². The Kier molecular flexibility index (Phi) is 10.6. The zero-order valence-corrected chi connectivity index (χ0v) is 21.7. The van der Waals surface area contributed by atoms with E-state index in [9.17, 15) is 4.79 Å². The van der Waals surface area contributed by atoms with Gasteiger partial charge in [-0.05, 0) is 56.2 Å². The first-order chi connectivity index (χ1) is 14.5. The molecule has 2 N–H and O–H groups in total. The molecule has 31 heavy (non-hydrogen) atoms. The van der Waals surface area contributed by atoms with Crippen molar-refractivity contribution in [3.63, 3.8) is 0 Å². The van der Waals surface area contributed by atoms with Gasteiger partial charge in [0.15, 0.2) is 5.96 Å². The summed E-state index contributed by atoms with van der Waals surface area (Å²) in [4.78, 5) is 23.5. The predicted molar refractivity (Wildman–Crippen MR) is 142 cm³/mol. The largest absolute Gasteiger partial charge is 0.360 e. The summed E-state index contributed by atoms with van der Waals surface area (Å²) >= 11 is 1.79. The minimum atomic E-state index is -0.0161. The van der Waals surface area contributed by atoms with Crippen molar-refractivity contribution in [2.45, 2.75) is 13.5 Å². The number of carbonyl (C=O) groups is 1. The van der Waals surface area contributed by atoms with Crippen LogP contribution in [0.3, 0.4) is 0 Å². The van der Waals surface area contributed by atoms with E-state index in [2.05, 4.69) is 44.9 Å². The Balaban J connectivity index is 0.00000341. The van der Waals surface area contributed by atoms with Crippen LogP contribution >= 0.6 is 35.3 Å². The molecule has 1 aliphatic heterocycles. The molecule has 0 unspecified atom stereocenters. The molecule has 0 saturated carbocycles. The van der Waals surface area contributed by atoms with Crippen molar-refractivity contribution in [2.75, 3.05) is 63.6 Å². The molecule has 7 nitrogen and oxygen atoms in total. The number of benzene rings is 1. The van der Waals surface area contributed by atoms with Crippen LogP contribution in [-0.2, 0) is 11.3 Å². The summed E-state index contributed by atoms with van der Waals surface area (Å²) in [6.07, 6.45) is 0. The first-order valence-corrected chi connectivity index (χ1v) is 11.3. The van der Waals surface area contributed by atoms with E-state index in [1.54, 1.807) is 11.3 Å². The number of anilines is 2. The maximum Gasteiger partial charge on any atom is 0.238 e. The quantitative estimate of drug-likeness (QED) is 0.312. The second kappa shape index (κ2) is 12.9. The van der Waals surface area contributed by atoms with Crippen molar-refractivity contribution in [1.82, 2.24) is 15.1 Å². The SMILES string of the molecule is CCNC(=NCc1cccc(NC(=O)CN(C)C)c1)N1CCN(c2cccs2)CC1.I. The van der Waals surface area contributed by atoms with E-state index < -0.39 is 0 Å². The maximum atomic E-state index is 12.0. The molecule has 1 fully saturated rings. The molecule has 1 amide bonds. The van der Waals surface area contributed by atoms with Crippen molar-refractivity contribution < 1.29 is 4.79 Å². The third kappa shape index (κ3) is 7.97. The van der Waals surface area contributed by atoms with Gasteiger partial charge >= 0.3 is 0 Å². The fourth-order valence-electron chi connectivity index (χ4n) is 3.42. The van der Waals surface area contributed by atoms with Crippen LogP contribution in [0.5, 0.6) is 0 Å². The molecule has 0 spiro atoms. The highest BCUT2D eigenvalue weighted by Gasteiger charge is 2.20. The normalized spacial score (nSPS) is 14.4. The van der Waals surface area contributed by atoms with E-state index in [-0.39, 0.29) is 29.9 Å². The van der Waals surface area contributed by atoms with Gasteiger partial charge in [0.25, 0.3) is 0 Å². The van der Waals surface area contributed by atoms with Crippen molar-refractivity contribution in [3.05, 3.63) is 47.3 Å². The molecule has 3 rings (SSSR count). The lowest BCUT2D eigenvalue weighted by Gasteiger charge is -2.37. The van der Waals surface area contributed by atoms with Gasteiger partial charge in [-0.2, -0.15) is 0 Å². The van der Waals surface area contributed by atoms with Crippen molar-refractivity contribution >= 4 is 57.9 Å². The number of piperazine rings is 1. The van der Waals surface area contributed by atoms with Gasteiger partial charge < -0.3 is 25.3 Å². The number of nitrogens with zero attached hydrogens (tertiary/aromatic N) is 4. The third-order valence-corrected chi connectivity index (χ3v) is 5.74. The maximum absolute atomic E-state index is 12.0. The molecule has 0 aliphatic carbocycles. The number of rotatable bonds is 7. The van der Waals surface area contributed by atoms with E-state index in [0.29, 0.717) is 13.1 Å². The zero-order valence-electron chi connectivity index (χ0n) is 18.5. The minimum absolute atomic E-state index is 0. The average Bonchev–Trinajstić information content (AvgIpc) is 3.26. The predicted octanol–water partition coefficient (Wildman–Crippen LogP) is 3.15. The number of thiophene rings is 1. The molecule has 1 saturated heterocycles. The number of hydrogen-bond donors (Lipinski definition) is 2.